The monoisotopic (exact) mass is 842 g/mol. The van der Waals surface area contributed by atoms with Gasteiger partial charge in [-0.15, -0.1) is 20.5 Å². The zero-order valence-electron chi connectivity index (χ0n) is 29.9. The van der Waals surface area contributed by atoms with Gasteiger partial charge in [-0.25, -0.2) is 27.3 Å². The molecule has 6 aromatic carbocycles. The molecule has 0 aliphatic heterocycles. The van der Waals surface area contributed by atoms with Gasteiger partial charge >= 0.3 is 49.1 Å². The van der Waals surface area contributed by atoms with Crippen molar-refractivity contribution in [3.63, 3.8) is 0 Å². The molecule has 0 saturated heterocycles. The summed E-state index contributed by atoms with van der Waals surface area (Å²) in [6, 6.07) is 22.9. The molecule has 0 aliphatic rings. The third kappa shape index (κ3) is 10.1. The average Bonchev–Trinajstić information content (AvgIpc) is 3.16. The molecule has 0 unspecified atom stereocenters. The molecule has 18 nitrogen and oxygen atoms in total. The Morgan fingerprint density at radius 3 is 1.18 bits per heavy atom. The van der Waals surface area contributed by atoms with E-state index in [1.807, 2.05) is 13.8 Å². The standard InChI is InChI=1S/2C18H15N3O6S.Ca/c2*1-2-11-7-8-14(15(9-11)21(23)24)19-20-18-13-6-4-3-5-12(13)17(10-16(18)22)28(25,26)27;/h2*3-10H,2H2,1H3,(H2-,19,22,23,24,25,26,27);/q;;+2. The molecule has 4 N–H and O–H groups in total. The van der Waals surface area contributed by atoms with E-state index in [1.54, 1.807) is 24.3 Å². The Morgan fingerprint density at radius 1 is 0.544 bits per heavy atom. The number of azo groups is 2. The van der Waals surface area contributed by atoms with Crippen molar-refractivity contribution >= 4 is 114 Å². The van der Waals surface area contributed by atoms with Gasteiger partial charge in [0, 0.05) is 45.8 Å². The van der Waals surface area contributed by atoms with Gasteiger partial charge in [0.05, 0.1) is 19.6 Å². The first-order valence-corrected chi connectivity index (χ1v) is 19.1. The van der Waals surface area contributed by atoms with Crippen molar-refractivity contribution in [1.82, 2.24) is 0 Å². The zero-order chi connectivity index (χ0) is 40.9. The Bertz CT molecular complexity index is 2640. The summed E-state index contributed by atoms with van der Waals surface area (Å²) < 4.78 is 68.9. The SMILES string of the molecule is CCc1ccc(N=Nc2c(O)cc(S(=O)(=O)[O-])c3ccccc23)c([N+](=O)O)c1.CCc1ccc(N=Nc2c(O)cc(S(=O)(=O)[O-])c3ccccc23)c([N+](=O)O)c1.[Ca+2]. The molecule has 0 heterocycles. The smallest absolute Gasteiger partial charge is 0.744 e. The van der Waals surface area contributed by atoms with Crippen LogP contribution in [0.1, 0.15) is 25.0 Å². The number of hydrogen-bond donors (Lipinski definition) is 4. The minimum atomic E-state index is -4.82. The van der Waals surface area contributed by atoms with Gasteiger partial charge in [-0.2, -0.15) is 0 Å². The molecular weight excluding hydrogens is 813 g/mol. The van der Waals surface area contributed by atoms with Gasteiger partial charge in [0.1, 0.15) is 43.1 Å². The van der Waals surface area contributed by atoms with Gasteiger partial charge in [-0.1, -0.05) is 74.5 Å². The maximum Gasteiger partial charge on any atom is 2.00 e. The van der Waals surface area contributed by atoms with Crippen molar-refractivity contribution < 1.29 is 56.4 Å². The molecule has 0 bridgehead atoms. The van der Waals surface area contributed by atoms with Crippen molar-refractivity contribution in [2.45, 2.75) is 36.5 Å². The molecule has 21 heteroatoms. The van der Waals surface area contributed by atoms with Crippen molar-refractivity contribution in [2.75, 3.05) is 0 Å². The summed E-state index contributed by atoms with van der Waals surface area (Å²) in [6.07, 6.45) is 1.27. The summed E-state index contributed by atoms with van der Waals surface area (Å²) in [6.45, 7) is 3.76. The van der Waals surface area contributed by atoms with Crippen LogP contribution in [0.4, 0.5) is 34.1 Å². The first-order chi connectivity index (χ1) is 26.4. The topological polar surface area (TPSA) is 285 Å². The number of phenols is 2. The van der Waals surface area contributed by atoms with Crippen LogP contribution in [0.25, 0.3) is 21.5 Å². The van der Waals surface area contributed by atoms with Crippen LogP contribution in [0, 0.1) is 9.81 Å². The maximum atomic E-state index is 11.5. The van der Waals surface area contributed by atoms with Crippen LogP contribution in [0.15, 0.2) is 127 Å². The van der Waals surface area contributed by atoms with E-state index in [4.69, 9.17) is 0 Å². The number of phenolic OH excluding ortho intramolecular Hbond substituents is 2. The van der Waals surface area contributed by atoms with Crippen LogP contribution < -0.4 is 0 Å². The third-order valence-corrected chi connectivity index (χ3v) is 10.0. The normalized spacial score (nSPS) is 11.7. The van der Waals surface area contributed by atoms with Crippen molar-refractivity contribution in [3.05, 3.63) is 118 Å². The van der Waals surface area contributed by atoms with E-state index in [1.165, 1.54) is 60.7 Å². The van der Waals surface area contributed by atoms with Crippen LogP contribution in [0.5, 0.6) is 11.5 Å². The first kappa shape index (κ1) is 44.2. The van der Waals surface area contributed by atoms with Crippen molar-refractivity contribution in [1.29, 1.82) is 0 Å². The molecule has 0 saturated carbocycles. The summed E-state index contributed by atoms with van der Waals surface area (Å²) >= 11 is 0. The van der Waals surface area contributed by atoms with Gasteiger partial charge in [0.2, 0.25) is 0 Å². The van der Waals surface area contributed by atoms with Crippen LogP contribution in [-0.2, 0) is 33.1 Å². The predicted molar refractivity (Wildman–Crippen MR) is 203 cm³/mol. The molecule has 6 aromatic rings. The van der Waals surface area contributed by atoms with Crippen LogP contribution >= 0.6 is 0 Å². The fourth-order valence-corrected chi connectivity index (χ4v) is 6.92. The summed E-state index contributed by atoms with van der Waals surface area (Å²) in [4.78, 5) is 21.0. The molecule has 0 atom stereocenters. The molecule has 0 radical (unpaired) electrons. The Hall–Kier alpha value is -5.48. The Kier molecular flexibility index (Phi) is 14.1. The second-order valence-electron chi connectivity index (χ2n) is 11.8. The van der Waals surface area contributed by atoms with Crippen LogP contribution in [0.2, 0.25) is 0 Å². The van der Waals surface area contributed by atoms with Gasteiger partial charge < -0.3 is 19.3 Å². The van der Waals surface area contributed by atoms with E-state index in [0.29, 0.717) is 12.8 Å². The molecule has 288 valence electrons. The molecule has 0 fully saturated rings. The number of nitrogens with zero attached hydrogens (tertiary/aromatic N) is 6. The second-order valence-corrected chi connectivity index (χ2v) is 14.5. The van der Waals surface area contributed by atoms with Crippen molar-refractivity contribution in [3.8, 4) is 11.5 Å². The van der Waals surface area contributed by atoms with Crippen molar-refractivity contribution in [2.24, 2.45) is 20.5 Å². The van der Waals surface area contributed by atoms with E-state index in [-0.39, 0.29) is 103 Å². The number of hydrogen-bond acceptors (Lipinski definition) is 14. The fourth-order valence-electron chi connectivity index (χ4n) is 5.51. The van der Waals surface area contributed by atoms with E-state index in [9.17, 15) is 56.4 Å². The Morgan fingerprint density at radius 2 is 0.877 bits per heavy atom. The van der Waals surface area contributed by atoms with Gasteiger partial charge in [0.25, 0.3) is 9.85 Å². The molecular formula is C36H30CaN6O12S2+2. The largest absolute Gasteiger partial charge is 2.00 e. The Labute approximate surface area is 354 Å². The number of aromatic hydroxyl groups is 2. The van der Waals surface area contributed by atoms with E-state index < -0.39 is 41.5 Å². The summed E-state index contributed by atoms with van der Waals surface area (Å²) in [5.41, 5.74) is 1.24. The number of rotatable bonds is 10. The van der Waals surface area contributed by atoms with Crippen LogP contribution in [0.3, 0.4) is 0 Å². The number of fused-ring (bicyclic) bond motifs is 2. The quantitative estimate of drug-likeness (QED) is 0.0441. The molecule has 0 spiro atoms. The molecule has 0 amide bonds. The van der Waals surface area contributed by atoms with Gasteiger partial charge in [-0.05, 0) is 36.1 Å². The molecule has 6 rings (SSSR count). The van der Waals surface area contributed by atoms with E-state index >= 15 is 0 Å². The average molecular weight is 843 g/mol. The van der Waals surface area contributed by atoms with E-state index in [2.05, 4.69) is 20.5 Å². The first-order valence-electron chi connectivity index (χ1n) is 16.3. The van der Waals surface area contributed by atoms with E-state index in [0.717, 1.165) is 23.3 Å². The second kappa shape index (κ2) is 18.2. The van der Waals surface area contributed by atoms with Gasteiger partial charge in [0.15, 0.2) is 11.4 Å². The maximum absolute atomic E-state index is 11.5. The summed E-state index contributed by atoms with van der Waals surface area (Å²) in [5.74, 6) is -1.13. The molecule has 0 aliphatic carbocycles. The minimum absolute atomic E-state index is 0. The fraction of sp³-hybridized carbons (Fsp3) is 0.111. The van der Waals surface area contributed by atoms with Crippen LogP contribution in [-0.4, -0.2) is 94.2 Å². The Balaban J connectivity index is 0.000000248. The zero-order valence-corrected chi connectivity index (χ0v) is 33.8. The number of aryl methyl sites for hydroxylation is 2. The third-order valence-electron chi connectivity index (χ3n) is 8.28. The predicted octanol–water partition coefficient (Wildman–Crippen LogP) is 8.07. The summed E-state index contributed by atoms with van der Waals surface area (Å²) in [7, 11) is -9.65. The summed E-state index contributed by atoms with van der Waals surface area (Å²) in [5, 5.41) is 55.2. The molecule has 57 heavy (non-hydrogen) atoms. The number of benzene rings is 6. The van der Waals surface area contributed by atoms with Gasteiger partial charge in [-0.3, -0.25) is 0 Å². The molecule has 0 aromatic heterocycles. The minimum Gasteiger partial charge on any atom is -0.744 e.